The van der Waals surface area contributed by atoms with E-state index in [9.17, 15) is 9.90 Å². The van der Waals surface area contributed by atoms with Crippen molar-refractivity contribution in [3.8, 4) is 0 Å². The van der Waals surface area contributed by atoms with Crippen LogP contribution in [0.25, 0.3) is 0 Å². The molecule has 5 fully saturated rings. The number of allylic oxidation sites excluding steroid dienone is 1. The number of halogens is 2. The van der Waals surface area contributed by atoms with Crippen molar-refractivity contribution in [2.75, 3.05) is 19.8 Å². The number of carboxylic acid groups (broad SMARTS) is 1. The van der Waals surface area contributed by atoms with Gasteiger partial charge in [0.15, 0.2) is 18.9 Å². The maximum absolute atomic E-state index is 15.7. The Morgan fingerprint density at radius 2 is 1.69 bits per heavy atom. The van der Waals surface area contributed by atoms with Gasteiger partial charge in [0.25, 0.3) is 5.92 Å². The molecule has 2 aliphatic heterocycles. The Balaban J connectivity index is 1.19. The van der Waals surface area contributed by atoms with E-state index >= 15 is 8.78 Å². The van der Waals surface area contributed by atoms with Crippen molar-refractivity contribution in [2.45, 2.75) is 180 Å². The van der Waals surface area contributed by atoms with Gasteiger partial charge in [-0.1, -0.05) is 25.5 Å². The van der Waals surface area contributed by atoms with Crippen molar-refractivity contribution < 1.29 is 47.1 Å². The summed E-state index contributed by atoms with van der Waals surface area (Å²) >= 11 is 0. The van der Waals surface area contributed by atoms with Crippen LogP contribution in [-0.2, 0) is 33.2 Å². The van der Waals surface area contributed by atoms with Gasteiger partial charge in [-0.15, -0.1) is 0 Å². The molecule has 1 N–H and O–H groups in total. The third kappa shape index (κ3) is 7.98. The largest absolute Gasteiger partial charge is 0.481 e. The molecule has 3 unspecified atom stereocenters. The fraction of sp³-hybridized carbons (Fsp3) is 0.927. The molecule has 3 saturated carbocycles. The van der Waals surface area contributed by atoms with Crippen LogP contribution >= 0.6 is 0 Å². The molecule has 2 heterocycles. The van der Waals surface area contributed by atoms with E-state index in [1.807, 2.05) is 0 Å². The van der Waals surface area contributed by atoms with Gasteiger partial charge >= 0.3 is 5.97 Å². The summed E-state index contributed by atoms with van der Waals surface area (Å²) < 4.78 is 68.2. The lowest BCUT2D eigenvalue weighted by Crippen LogP contribution is -2.57. The van der Waals surface area contributed by atoms with Crippen LogP contribution in [0.1, 0.15) is 138 Å². The Morgan fingerprint density at radius 1 is 1.00 bits per heavy atom. The van der Waals surface area contributed by atoms with Crippen molar-refractivity contribution in [3.63, 3.8) is 0 Å². The van der Waals surface area contributed by atoms with Crippen LogP contribution in [0.15, 0.2) is 11.6 Å². The predicted molar refractivity (Wildman–Crippen MR) is 189 cm³/mol. The summed E-state index contributed by atoms with van der Waals surface area (Å²) in [6.07, 6.45) is 13.1. The van der Waals surface area contributed by atoms with E-state index in [-0.39, 0.29) is 48.0 Å². The molecule has 0 aromatic carbocycles. The second-order valence-corrected chi connectivity index (χ2v) is 17.6. The second kappa shape index (κ2) is 15.9. The molecule has 4 aliphatic carbocycles. The molecule has 0 amide bonds. The first-order chi connectivity index (χ1) is 24.2. The minimum Gasteiger partial charge on any atom is -0.481 e. The monoisotopic (exact) mass is 724 g/mol. The van der Waals surface area contributed by atoms with E-state index in [4.69, 9.17) is 28.4 Å². The first-order valence-corrected chi connectivity index (χ1v) is 20.3. The highest BCUT2D eigenvalue weighted by Crippen LogP contribution is 2.68. The van der Waals surface area contributed by atoms with E-state index in [2.05, 4.69) is 19.9 Å². The van der Waals surface area contributed by atoms with Crippen LogP contribution in [0.4, 0.5) is 8.78 Å². The minimum absolute atomic E-state index is 0.0366. The van der Waals surface area contributed by atoms with Crippen molar-refractivity contribution >= 4 is 5.97 Å². The Bertz CT molecular complexity index is 1210. The Labute approximate surface area is 305 Å². The van der Waals surface area contributed by atoms with E-state index in [0.29, 0.717) is 24.4 Å². The molecule has 8 nitrogen and oxygen atoms in total. The van der Waals surface area contributed by atoms with Crippen LogP contribution in [0.2, 0.25) is 0 Å². The molecule has 292 valence electrons. The van der Waals surface area contributed by atoms with E-state index in [0.717, 1.165) is 96.7 Å². The molecule has 2 saturated heterocycles. The molecule has 0 aromatic rings. The highest BCUT2D eigenvalue weighted by atomic mass is 19.3. The third-order valence-corrected chi connectivity index (χ3v) is 14.5. The lowest BCUT2D eigenvalue weighted by Gasteiger charge is -2.60. The van der Waals surface area contributed by atoms with Crippen molar-refractivity contribution in [1.82, 2.24) is 0 Å². The summed E-state index contributed by atoms with van der Waals surface area (Å²) in [5.74, 6) is -4.03. The number of ether oxygens (including phenoxy) is 6. The molecule has 0 spiro atoms. The average molecular weight is 725 g/mol. The normalized spacial score (nSPS) is 40.0. The van der Waals surface area contributed by atoms with Crippen LogP contribution in [0, 0.1) is 40.4 Å². The van der Waals surface area contributed by atoms with Crippen LogP contribution < -0.4 is 0 Å². The molecule has 51 heavy (non-hydrogen) atoms. The zero-order valence-corrected chi connectivity index (χ0v) is 32.1. The molecular formula is C41H66F2O8. The Morgan fingerprint density at radius 3 is 2.31 bits per heavy atom. The zero-order valence-electron chi connectivity index (χ0n) is 32.1. The summed E-state index contributed by atoms with van der Waals surface area (Å²) in [5.41, 5.74) is -0.752. The summed E-state index contributed by atoms with van der Waals surface area (Å²) in [4.78, 5) is 12.9. The summed E-state index contributed by atoms with van der Waals surface area (Å²) in [7, 11) is 0. The first kappa shape index (κ1) is 39.5. The molecular weight excluding hydrogens is 658 g/mol. The fourth-order valence-corrected chi connectivity index (χ4v) is 11.6. The smallest absolute Gasteiger partial charge is 0.306 e. The van der Waals surface area contributed by atoms with Gasteiger partial charge in [-0.25, -0.2) is 8.78 Å². The predicted octanol–water partition coefficient (Wildman–Crippen LogP) is 9.29. The van der Waals surface area contributed by atoms with Crippen LogP contribution in [0.3, 0.4) is 0 Å². The van der Waals surface area contributed by atoms with Gasteiger partial charge in [-0.3, -0.25) is 4.79 Å². The number of hydrogen-bond acceptors (Lipinski definition) is 7. The summed E-state index contributed by atoms with van der Waals surface area (Å²) in [6, 6.07) is 0. The SMILES string of the molecule is CCOC(C)OC(C)(C)C(F)(F)CC[C@@H](C(=O)O)[C@H]1CC[C@H]2[C@@H]3CC=C4C[C@@H](OC5CCCCO5)C[C@H](OC5CCCCO5)[C@]4(C)[C@H]3CC[C@]12C. The number of carbonyl (C=O) groups is 1. The van der Waals surface area contributed by atoms with Gasteiger partial charge in [0, 0.05) is 38.1 Å². The Kier molecular flexibility index (Phi) is 12.3. The third-order valence-electron chi connectivity index (χ3n) is 14.5. The number of hydrogen-bond donors (Lipinski definition) is 1. The van der Waals surface area contributed by atoms with E-state index < -0.39 is 36.1 Å². The number of alkyl halides is 2. The maximum Gasteiger partial charge on any atom is 0.306 e. The van der Waals surface area contributed by atoms with E-state index in [1.54, 1.807) is 13.8 Å². The second-order valence-electron chi connectivity index (χ2n) is 17.6. The van der Waals surface area contributed by atoms with E-state index in [1.165, 1.54) is 19.4 Å². The number of fused-ring (bicyclic) bond motifs is 5. The minimum atomic E-state index is -3.22. The molecule has 6 rings (SSSR count). The lowest BCUT2D eigenvalue weighted by molar-refractivity contribution is -0.265. The van der Waals surface area contributed by atoms with Gasteiger partial charge in [0.2, 0.25) is 0 Å². The summed E-state index contributed by atoms with van der Waals surface area (Å²) in [6.45, 7) is 12.7. The van der Waals surface area contributed by atoms with Gasteiger partial charge in [-0.2, -0.15) is 0 Å². The van der Waals surface area contributed by atoms with Gasteiger partial charge in [0.05, 0.1) is 18.1 Å². The molecule has 0 aromatic heterocycles. The number of aliphatic carboxylic acids is 1. The zero-order chi connectivity index (χ0) is 36.6. The molecule has 12 atom stereocenters. The first-order valence-electron chi connectivity index (χ1n) is 20.3. The number of carboxylic acids is 1. The van der Waals surface area contributed by atoms with Gasteiger partial charge in [0.1, 0.15) is 5.60 Å². The topological polar surface area (TPSA) is 92.7 Å². The quantitative estimate of drug-likeness (QED) is 0.140. The number of rotatable bonds is 14. The summed E-state index contributed by atoms with van der Waals surface area (Å²) in [5, 5.41) is 10.6. The van der Waals surface area contributed by atoms with Crippen molar-refractivity contribution in [3.05, 3.63) is 11.6 Å². The molecule has 0 radical (unpaired) electrons. The van der Waals surface area contributed by atoms with Crippen molar-refractivity contribution in [1.29, 1.82) is 0 Å². The van der Waals surface area contributed by atoms with Crippen LogP contribution in [-0.4, -0.2) is 73.5 Å². The fourth-order valence-electron chi connectivity index (χ4n) is 11.6. The maximum atomic E-state index is 15.7. The lowest BCUT2D eigenvalue weighted by atomic mass is 9.46. The molecule has 6 aliphatic rings. The average Bonchev–Trinajstić information content (AvgIpc) is 3.43. The molecule has 10 heteroatoms. The highest BCUT2D eigenvalue weighted by Gasteiger charge is 2.63. The van der Waals surface area contributed by atoms with Crippen molar-refractivity contribution in [2.24, 2.45) is 40.4 Å². The van der Waals surface area contributed by atoms with Gasteiger partial charge < -0.3 is 33.5 Å². The standard InChI is InChI=1S/C41H66F2O8/c1-7-46-26(2)51-38(3,4)41(42,43)21-18-30(37(44)45)32-17-16-31-29-15-14-27-24-28(49-35-12-8-10-22-47-35)25-34(50-36-13-9-11-23-48-36)40(27,6)33(29)19-20-39(31,32)5/h14,26,28-36H,7-13,15-25H2,1-6H3,(H,44,45)/t26?,28-,29+,30-,31+,32-,33+,34+,35?,36?,39+,40+/m1/s1. The molecule has 0 bridgehead atoms. The Hall–Kier alpha value is -1.17. The highest BCUT2D eigenvalue weighted by molar-refractivity contribution is 5.70. The van der Waals surface area contributed by atoms with Crippen LogP contribution in [0.5, 0.6) is 0 Å². The van der Waals surface area contributed by atoms with Gasteiger partial charge in [-0.05, 0) is 140 Å².